The van der Waals surface area contributed by atoms with Crippen molar-refractivity contribution in [3.05, 3.63) is 93.0 Å². The van der Waals surface area contributed by atoms with Crippen LogP contribution < -0.4 is 5.32 Å². The van der Waals surface area contributed by atoms with Gasteiger partial charge in [-0.15, -0.1) is 0 Å². The molecule has 0 spiro atoms. The molecule has 0 heterocycles. The van der Waals surface area contributed by atoms with Gasteiger partial charge in [-0.3, -0.25) is 4.79 Å². The molecule has 1 amide bonds. The minimum Gasteiger partial charge on any atom is -0.325 e. The number of hydrogen-bond acceptors (Lipinski definition) is 3. The normalized spacial score (nSPS) is 11.6. The molecule has 7 heteroatoms. The van der Waals surface area contributed by atoms with Crippen LogP contribution >= 0.6 is 11.6 Å². The van der Waals surface area contributed by atoms with Crippen LogP contribution in [0.2, 0.25) is 5.02 Å². The van der Waals surface area contributed by atoms with Gasteiger partial charge in [-0.2, -0.15) is 4.31 Å². The Morgan fingerprint density at radius 1 is 0.909 bits per heavy atom. The van der Waals surface area contributed by atoms with Gasteiger partial charge in [0.05, 0.1) is 11.4 Å². The molecule has 0 aromatic heterocycles. The molecule has 0 saturated carbocycles. The zero-order chi connectivity index (χ0) is 24.3. The van der Waals surface area contributed by atoms with Crippen molar-refractivity contribution in [1.29, 1.82) is 0 Å². The first-order valence-corrected chi connectivity index (χ1v) is 12.5. The highest BCUT2D eigenvalue weighted by Crippen LogP contribution is 2.27. The monoisotopic (exact) mass is 484 g/mol. The molecule has 33 heavy (non-hydrogen) atoms. The fourth-order valence-electron chi connectivity index (χ4n) is 3.92. The van der Waals surface area contributed by atoms with E-state index in [-0.39, 0.29) is 18.0 Å². The highest BCUT2D eigenvalue weighted by molar-refractivity contribution is 7.89. The molecule has 3 aromatic carbocycles. The van der Waals surface area contributed by atoms with E-state index in [1.54, 1.807) is 39.0 Å². The van der Waals surface area contributed by atoms with Crippen LogP contribution in [0.25, 0.3) is 0 Å². The summed E-state index contributed by atoms with van der Waals surface area (Å²) >= 11 is 6.17. The van der Waals surface area contributed by atoms with E-state index in [9.17, 15) is 13.2 Å². The molecule has 5 nitrogen and oxygen atoms in total. The number of aryl methyl sites for hydroxylation is 4. The van der Waals surface area contributed by atoms with Gasteiger partial charge in [0.2, 0.25) is 15.9 Å². The lowest BCUT2D eigenvalue weighted by Gasteiger charge is -2.24. The molecule has 174 valence electrons. The zero-order valence-electron chi connectivity index (χ0n) is 19.6. The third-order valence-electron chi connectivity index (χ3n) is 5.54. The lowest BCUT2D eigenvalue weighted by atomic mass is 10.1. The van der Waals surface area contributed by atoms with Crippen LogP contribution in [0.5, 0.6) is 0 Å². The Balaban J connectivity index is 1.98. The van der Waals surface area contributed by atoms with Gasteiger partial charge < -0.3 is 5.32 Å². The number of amides is 1. The average Bonchev–Trinajstić information content (AvgIpc) is 2.71. The smallest absolute Gasteiger partial charge is 0.244 e. The van der Waals surface area contributed by atoms with Crippen molar-refractivity contribution in [3.8, 4) is 0 Å². The maximum absolute atomic E-state index is 13.8. The predicted molar refractivity (Wildman–Crippen MR) is 134 cm³/mol. The number of anilines is 1. The van der Waals surface area contributed by atoms with E-state index >= 15 is 0 Å². The predicted octanol–water partition coefficient (Wildman–Crippen LogP) is 5.71. The fourth-order valence-corrected chi connectivity index (χ4v) is 5.89. The Bertz CT molecular complexity index is 1260. The first-order chi connectivity index (χ1) is 15.5. The number of carbonyl (C=O) groups is 1. The molecule has 0 radical (unpaired) electrons. The van der Waals surface area contributed by atoms with Gasteiger partial charge in [-0.1, -0.05) is 65.2 Å². The van der Waals surface area contributed by atoms with Crippen molar-refractivity contribution in [2.75, 3.05) is 11.9 Å². The Morgan fingerprint density at radius 3 is 2.12 bits per heavy atom. The van der Waals surface area contributed by atoms with Crippen molar-refractivity contribution < 1.29 is 13.2 Å². The molecule has 0 fully saturated rings. The molecule has 0 unspecified atom stereocenters. The van der Waals surface area contributed by atoms with E-state index in [0.717, 1.165) is 22.3 Å². The lowest BCUT2D eigenvalue weighted by molar-refractivity contribution is -0.116. The van der Waals surface area contributed by atoms with Gasteiger partial charge in [0.15, 0.2) is 0 Å². The van der Waals surface area contributed by atoms with Crippen molar-refractivity contribution in [2.24, 2.45) is 0 Å². The van der Waals surface area contributed by atoms with E-state index in [1.807, 2.05) is 50.2 Å². The number of sulfonamides is 1. The minimum atomic E-state index is -3.95. The van der Waals surface area contributed by atoms with Crippen LogP contribution in [0, 0.1) is 34.6 Å². The summed E-state index contributed by atoms with van der Waals surface area (Å²) in [5.74, 6) is -0.432. The summed E-state index contributed by atoms with van der Waals surface area (Å²) in [7, 11) is -3.95. The highest BCUT2D eigenvalue weighted by atomic mass is 35.5. The Kier molecular flexibility index (Phi) is 7.62. The topological polar surface area (TPSA) is 66.5 Å². The number of carbonyl (C=O) groups excluding carboxylic acids is 1. The van der Waals surface area contributed by atoms with E-state index in [1.165, 1.54) is 4.31 Å². The Labute approximate surface area is 201 Å². The van der Waals surface area contributed by atoms with E-state index in [4.69, 9.17) is 11.6 Å². The van der Waals surface area contributed by atoms with Crippen LogP contribution in [-0.2, 0) is 21.4 Å². The maximum Gasteiger partial charge on any atom is 0.244 e. The van der Waals surface area contributed by atoms with Gasteiger partial charge in [0.25, 0.3) is 0 Å². The molecular formula is C26H29ClN2O3S. The number of rotatable bonds is 7. The molecule has 0 bridgehead atoms. The summed E-state index contributed by atoms with van der Waals surface area (Å²) < 4.78 is 28.8. The number of nitrogens with zero attached hydrogens (tertiary/aromatic N) is 1. The number of nitrogens with one attached hydrogen (secondary N) is 1. The first kappa shape index (κ1) is 25.0. The zero-order valence-corrected chi connectivity index (χ0v) is 21.1. The highest BCUT2D eigenvalue weighted by Gasteiger charge is 2.30. The molecule has 0 atom stereocenters. The number of hydrogen-bond donors (Lipinski definition) is 1. The van der Waals surface area contributed by atoms with Crippen molar-refractivity contribution in [2.45, 2.75) is 46.1 Å². The molecule has 0 saturated heterocycles. The summed E-state index contributed by atoms with van der Waals surface area (Å²) in [5, 5.41) is 3.34. The van der Waals surface area contributed by atoms with Crippen LogP contribution in [0.15, 0.2) is 59.5 Å². The van der Waals surface area contributed by atoms with E-state index < -0.39 is 15.9 Å². The molecule has 1 N–H and O–H groups in total. The molecule has 3 aromatic rings. The van der Waals surface area contributed by atoms with Gasteiger partial charge in [-0.25, -0.2) is 8.42 Å². The Hall–Kier alpha value is -2.67. The average molecular weight is 485 g/mol. The van der Waals surface area contributed by atoms with Crippen LogP contribution in [0.4, 0.5) is 5.69 Å². The molecule has 0 aliphatic rings. The second kappa shape index (κ2) is 10.1. The third-order valence-corrected chi connectivity index (χ3v) is 8.05. The van der Waals surface area contributed by atoms with Gasteiger partial charge in [-0.05, 0) is 69.0 Å². The van der Waals surface area contributed by atoms with Crippen molar-refractivity contribution >= 4 is 33.2 Å². The second-order valence-corrected chi connectivity index (χ2v) is 10.7. The van der Waals surface area contributed by atoms with Crippen LogP contribution in [0.3, 0.4) is 0 Å². The standard InChI is InChI=1S/C26H29ClN2O3S/c1-17-9-11-22(12-10-17)15-29(16-25(30)28-24-8-6-7-23(27)21(24)5)33(31,32)26-19(3)13-18(2)14-20(26)4/h6-14H,15-16H2,1-5H3,(H,28,30). The quantitative estimate of drug-likeness (QED) is 0.467. The van der Waals surface area contributed by atoms with Gasteiger partial charge in [0, 0.05) is 17.3 Å². The number of benzene rings is 3. The van der Waals surface area contributed by atoms with Crippen molar-refractivity contribution in [3.63, 3.8) is 0 Å². The van der Waals surface area contributed by atoms with E-state index in [2.05, 4.69) is 5.32 Å². The van der Waals surface area contributed by atoms with Crippen LogP contribution in [-0.4, -0.2) is 25.2 Å². The Morgan fingerprint density at radius 2 is 1.52 bits per heavy atom. The summed E-state index contributed by atoms with van der Waals surface area (Å²) in [4.78, 5) is 13.2. The van der Waals surface area contributed by atoms with Gasteiger partial charge >= 0.3 is 0 Å². The summed E-state index contributed by atoms with van der Waals surface area (Å²) in [5.41, 5.74) is 5.47. The maximum atomic E-state index is 13.8. The minimum absolute atomic E-state index is 0.0807. The number of halogens is 1. The first-order valence-electron chi connectivity index (χ1n) is 10.7. The summed E-state index contributed by atoms with van der Waals surface area (Å²) in [6, 6.07) is 16.5. The second-order valence-electron chi connectivity index (χ2n) is 8.45. The molecule has 0 aliphatic heterocycles. The SMILES string of the molecule is Cc1ccc(CN(CC(=O)Nc2cccc(Cl)c2C)S(=O)(=O)c2c(C)cc(C)cc2C)cc1. The summed E-state index contributed by atoms with van der Waals surface area (Å²) in [6.45, 7) is 9.03. The third kappa shape index (κ3) is 5.82. The fraction of sp³-hybridized carbons (Fsp3) is 0.269. The van der Waals surface area contributed by atoms with Crippen molar-refractivity contribution in [1.82, 2.24) is 4.31 Å². The molecule has 3 rings (SSSR count). The van der Waals surface area contributed by atoms with E-state index in [0.29, 0.717) is 21.8 Å². The lowest BCUT2D eigenvalue weighted by Crippen LogP contribution is -2.38. The molecular weight excluding hydrogens is 456 g/mol. The van der Waals surface area contributed by atoms with Crippen LogP contribution in [0.1, 0.15) is 33.4 Å². The largest absolute Gasteiger partial charge is 0.325 e. The van der Waals surface area contributed by atoms with Gasteiger partial charge in [0.1, 0.15) is 0 Å². The molecule has 0 aliphatic carbocycles. The summed E-state index contributed by atoms with van der Waals surface area (Å²) in [6.07, 6.45) is 0.